The molecule has 0 aliphatic heterocycles. The molecule has 0 saturated carbocycles. The molecule has 18 heavy (non-hydrogen) atoms. The number of aromatic nitrogens is 3. The van der Waals surface area contributed by atoms with Crippen molar-refractivity contribution >= 4 is 12.0 Å². The molecule has 1 aromatic heterocycles. The van der Waals surface area contributed by atoms with E-state index in [1.807, 2.05) is 0 Å². The lowest BCUT2D eigenvalue weighted by Gasteiger charge is -2.21. The van der Waals surface area contributed by atoms with Crippen molar-refractivity contribution in [2.75, 3.05) is 13.6 Å². The molecule has 0 bridgehead atoms. The number of H-pyrrole nitrogens is 1. The zero-order chi connectivity index (χ0) is 13.8. The van der Waals surface area contributed by atoms with Crippen LogP contribution < -0.4 is 5.32 Å². The molecule has 0 spiro atoms. The minimum absolute atomic E-state index is 0.195. The molecule has 0 aromatic carbocycles. The Morgan fingerprint density at radius 3 is 2.78 bits per heavy atom. The third kappa shape index (κ3) is 3.70. The van der Waals surface area contributed by atoms with Gasteiger partial charge in [-0.2, -0.15) is 5.10 Å². The molecule has 0 fully saturated rings. The molecule has 1 atom stereocenters. The average molecular weight is 257 g/mol. The first-order chi connectivity index (χ1) is 8.33. The lowest BCUT2D eigenvalue weighted by atomic mass is 10.1. The average Bonchev–Trinajstić information content (AvgIpc) is 2.78. The minimum atomic E-state index is -2.00. The smallest absolute Gasteiger partial charge is 0.337 e. The van der Waals surface area contributed by atoms with Crippen molar-refractivity contribution in [1.29, 1.82) is 0 Å². The van der Waals surface area contributed by atoms with Crippen molar-refractivity contribution in [3.63, 3.8) is 0 Å². The number of carbonyl (C=O) groups excluding carboxylic acids is 1. The van der Waals surface area contributed by atoms with Gasteiger partial charge in [0.15, 0.2) is 5.60 Å². The molecule has 100 valence electrons. The third-order valence-corrected chi connectivity index (χ3v) is 2.24. The summed E-state index contributed by atoms with van der Waals surface area (Å²) in [4.78, 5) is 27.3. The second-order valence-corrected chi connectivity index (χ2v) is 4.03. The number of carbonyl (C=O) groups is 2. The highest BCUT2D eigenvalue weighted by molar-refractivity contribution is 5.79. The van der Waals surface area contributed by atoms with E-state index in [1.165, 1.54) is 18.3 Å². The van der Waals surface area contributed by atoms with Gasteiger partial charge in [0.1, 0.15) is 12.2 Å². The number of amides is 2. The van der Waals surface area contributed by atoms with Gasteiger partial charge in [-0.05, 0) is 6.92 Å². The normalized spacial score (nSPS) is 13.7. The number of nitrogens with one attached hydrogen (secondary N) is 2. The van der Waals surface area contributed by atoms with E-state index in [1.54, 1.807) is 0 Å². The maximum absolute atomic E-state index is 11.6. The summed E-state index contributed by atoms with van der Waals surface area (Å²) in [6, 6.07) is -0.520. The number of aromatic amines is 1. The molecule has 0 aliphatic carbocycles. The van der Waals surface area contributed by atoms with Gasteiger partial charge in [-0.15, -0.1) is 0 Å². The Hall–Kier alpha value is -2.16. The van der Waals surface area contributed by atoms with Crippen LogP contribution in [0, 0.1) is 0 Å². The number of carboxylic acids is 1. The van der Waals surface area contributed by atoms with Crippen LogP contribution in [0.15, 0.2) is 6.33 Å². The maximum atomic E-state index is 11.6. The van der Waals surface area contributed by atoms with Crippen LogP contribution in [-0.2, 0) is 11.3 Å². The summed E-state index contributed by atoms with van der Waals surface area (Å²) in [7, 11) is 1.51. The summed E-state index contributed by atoms with van der Waals surface area (Å²) in [5.41, 5.74) is -2.00. The van der Waals surface area contributed by atoms with E-state index in [-0.39, 0.29) is 13.1 Å². The Morgan fingerprint density at radius 1 is 1.61 bits per heavy atom. The predicted octanol–water partition coefficient (Wildman–Crippen LogP) is -1.22. The van der Waals surface area contributed by atoms with Gasteiger partial charge >= 0.3 is 12.0 Å². The van der Waals surface area contributed by atoms with Crippen molar-refractivity contribution in [2.45, 2.75) is 19.1 Å². The fourth-order valence-electron chi connectivity index (χ4n) is 1.06. The topological polar surface area (TPSA) is 131 Å². The summed E-state index contributed by atoms with van der Waals surface area (Å²) in [5.74, 6) is -0.904. The van der Waals surface area contributed by atoms with Gasteiger partial charge < -0.3 is 20.4 Å². The molecule has 0 radical (unpaired) electrons. The molecule has 1 unspecified atom stereocenters. The molecule has 1 heterocycles. The Kier molecular flexibility index (Phi) is 4.21. The standard InChI is InChI=1S/C9H15N5O4/c1-9(18,7(15)16)4-10-8(17)14(2)3-6-11-5-12-13-6/h5,18H,3-4H2,1-2H3,(H,10,17)(H,15,16)(H,11,12,13). The van der Waals surface area contributed by atoms with Gasteiger partial charge in [-0.1, -0.05) is 0 Å². The minimum Gasteiger partial charge on any atom is -0.479 e. The predicted molar refractivity (Wildman–Crippen MR) is 59.5 cm³/mol. The highest BCUT2D eigenvalue weighted by Gasteiger charge is 2.30. The highest BCUT2D eigenvalue weighted by atomic mass is 16.4. The molecule has 1 aromatic rings. The summed E-state index contributed by atoms with van der Waals surface area (Å²) < 4.78 is 0. The van der Waals surface area contributed by atoms with Crippen LogP contribution in [0.5, 0.6) is 0 Å². The number of urea groups is 1. The number of hydrogen-bond acceptors (Lipinski definition) is 5. The number of carboxylic acid groups (broad SMARTS) is 1. The van der Waals surface area contributed by atoms with Gasteiger partial charge in [0.25, 0.3) is 0 Å². The molecule has 9 nitrogen and oxygen atoms in total. The molecule has 0 aliphatic rings. The van der Waals surface area contributed by atoms with Gasteiger partial charge in [0, 0.05) is 7.05 Å². The van der Waals surface area contributed by atoms with Gasteiger partial charge in [0.2, 0.25) is 0 Å². The molecule has 1 rings (SSSR count). The maximum Gasteiger partial charge on any atom is 0.337 e. The van der Waals surface area contributed by atoms with E-state index in [2.05, 4.69) is 20.5 Å². The third-order valence-electron chi connectivity index (χ3n) is 2.24. The van der Waals surface area contributed by atoms with E-state index < -0.39 is 17.6 Å². The monoisotopic (exact) mass is 257 g/mol. The Labute approximate surface area is 103 Å². The number of aliphatic carboxylic acids is 1. The van der Waals surface area contributed by atoms with Crippen molar-refractivity contribution < 1.29 is 19.8 Å². The quantitative estimate of drug-likeness (QED) is 0.523. The largest absolute Gasteiger partial charge is 0.479 e. The molecular weight excluding hydrogens is 242 g/mol. The Morgan fingerprint density at radius 2 is 2.28 bits per heavy atom. The van der Waals surface area contributed by atoms with Crippen molar-refractivity contribution in [2.24, 2.45) is 0 Å². The van der Waals surface area contributed by atoms with Crippen LogP contribution in [0.2, 0.25) is 0 Å². The molecule has 0 saturated heterocycles. The van der Waals surface area contributed by atoms with Crippen molar-refractivity contribution in [3.05, 3.63) is 12.2 Å². The first-order valence-electron chi connectivity index (χ1n) is 5.12. The second-order valence-electron chi connectivity index (χ2n) is 4.03. The van der Waals surface area contributed by atoms with Crippen LogP contribution >= 0.6 is 0 Å². The molecular formula is C9H15N5O4. The van der Waals surface area contributed by atoms with Crippen LogP contribution in [-0.4, -0.2) is 61.5 Å². The zero-order valence-electron chi connectivity index (χ0n) is 10.0. The molecule has 4 N–H and O–H groups in total. The summed E-state index contributed by atoms with van der Waals surface area (Å²) in [6.45, 7) is 0.912. The van der Waals surface area contributed by atoms with E-state index in [0.29, 0.717) is 5.82 Å². The lowest BCUT2D eigenvalue weighted by molar-refractivity contribution is -0.155. The van der Waals surface area contributed by atoms with Crippen LogP contribution in [0.3, 0.4) is 0 Å². The van der Waals surface area contributed by atoms with Gasteiger partial charge in [0.05, 0.1) is 13.1 Å². The van der Waals surface area contributed by atoms with E-state index in [9.17, 15) is 14.7 Å². The molecule has 2 amide bonds. The van der Waals surface area contributed by atoms with Crippen LogP contribution in [0.1, 0.15) is 12.7 Å². The zero-order valence-corrected chi connectivity index (χ0v) is 10.0. The fourth-order valence-corrected chi connectivity index (χ4v) is 1.06. The van der Waals surface area contributed by atoms with Crippen molar-refractivity contribution in [3.8, 4) is 0 Å². The lowest BCUT2D eigenvalue weighted by Crippen LogP contribution is -2.49. The van der Waals surface area contributed by atoms with Crippen molar-refractivity contribution in [1.82, 2.24) is 25.4 Å². The first kappa shape index (κ1) is 13.9. The SMILES string of the molecule is CN(Cc1ncn[nH]1)C(=O)NCC(C)(O)C(=O)O. The Balaban J connectivity index is 2.43. The highest BCUT2D eigenvalue weighted by Crippen LogP contribution is 2.01. The summed E-state index contributed by atoms with van der Waals surface area (Å²) >= 11 is 0. The number of rotatable bonds is 5. The first-order valence-corrected chi connectivity index (χ1v) is 5.12. The number of aliphatic hydroxyl groups is 1. The van der Waals surface area contributed by atoms with Crippen LogP contribution in [0.4, 0.5) is 4.79 Å². The number of hydrogen-bond donors (Lipinski definition) is 4. The van der Waals surface area contributed by atoms with Gasteiger partial charge in [-0.3, -0.25) is 5.10 Å². The summed E-state index contributed by atoms with van der Waals surface area (Å²) in [6.07, 6.45) is 1.32. The number of nitrogens with zero attached hydrogens (tertiary/aromatic N) is 3. The van der Waals surface area contributed by atoms with E-state index in [4.69, 9.17) is 5.11 Å². The van der Waals surface area contributed by atoms with Crippen LogP contribution in [0.25, 0.3) is 0 Å². The fraction of sp³-hybridized carbons (Fsp3) is 0.556. The Bertz CT molecular complexity index is 417. The summed E-state index contributed by atoms with van der Waals surface area (Å²) in [5, 5.41) is 26.6. The molecule has 9 heteroatoms. The van der Waals surface area contributed by atoms with E-state index >= 15 is 0 Å². The van der Waals surface area contributed by atoms with Gasteiger partial charge in [-0.25, -0.2) is 14.6 Å². The van der Waals surface area contributed by atoms with E-state index in [0.717, 1.165) is 6.92 Å². The second kappa shape index (κ2) is 5.45.